The number of hydrogen-bond acceptors (Lipinski definition) is 3. The maximum Gasteiger partial charge on any atom is 0.573 e. The molecule has 23 heavy (non-hydrogen) atoms. The zero-order valence-corrected chi connectivity index (χ0v) is 12.6. The Kier molecular flexibility index (Phi) is 4.20. The molecule has 8 heteroatoms. The Labute approximate surface area is 132 Å². The predicted octanol–water partition coefficient (Wildman–Crippen LogP) is 1.67. The number of ether oxygens (including phenoxy) is 1. The highest BCUT2D eigenvalue weighted by Gasteiger charge is 2.39. The summed E-state index contributed by atoms with van der Waals surface area (Å²) < 4.78 is 40.9. The minimum Gasteiger partial charge on any atom is -0.406 e. The van der Waals surface area contributed by atoms with E-state index in [-0.39, 0.29) is 11.7 Å². The maximum atomic E-state index is 12.2. The Hall–Kier alpha value is -1.80. The van der Waals surface area contributed by atoms with Crippen molar-refractivity contribution in [2.24, 2.45) is 0 Å². The van der Waals surface area contributed by atoms with Crippen LogP contribution < -0.4 is 10.1 Å². The highest BCUT2D eigenvalue weighted by molar-refractivity contribution is 5.91. The van der Waals surface area contributed by atoms with Crippen molar-refractivity contribution in [2.75, 3.05) is 51.1 Å². The van der Waals surface area contributed by atoms with Crippen LogP contribution in [0.5, 0.6) is 5.75 Å². The van der Waals surface area contributed by atoms with Gasteiger partial charge in [-0.2, -0.15) is 0 Å². The first kappa shape index (κ1) is 16.1. The fourth-order valence-corrected chi connectivity index (χ4v) is 3.21. The topological polar surface area (TPSA) is 41.6 Å². The van der Waals surface area contributed by atoms with Gasteiger partial charge in [0.2, 0.25) is 0 Å². The first-order valence-electron chi connectivity index (χ1n) is 7.57. The zero-order valence-electron chi connectivity index (χ0n) is 12.6. The summed E-state index contributed by atoms with van der Waals surface area (Å²) in [5, 5.41) is 2.75. The van der Waals surface area contributed by atoms with E-state index in [9.17, 15) is 18.0 Å². The van der Waals surface area contributed by atoms with Gasteiger partial charge in [-0.1, -0.05) is 0 Å². The van der Waals surface area contributed by atoms with Crippen LogP contribution in [-0.4, -0.2) is 67.5 Å². The maximum absolute atomic E-state index is 12.2. The summed E-state index contributed by atoms with van der Waals surface area (Å²) >= 11 is 0. The number of amides is 1. The van der Waals surface area contributed by atoms with Gasteiger partial charge in [-0.05, 0) is 24.3 Å². The normalized spacial score (nSPS) is 26.8. The van der Waals surface area contributed by atoms with Crippen molar-refractivity contribution in [3.8, 4) is 5.75 Å². The van der Waals surface area contributed by atoms with E-state index in [0.29, 0.717) is 12.2 Å². The van der Waals surface area contributed by atoms with Crippen LogP contribution in [0, 0.1) is 0 Å². The van der Waals surface area contributed by atoms with Crippen molar-refractivity contribution >= 4 is 11.6 Å². The smallest absolute Gasteiger partial charge is 0.406 e. The molecule has 0 aliphatic carbocycles. The van der Waals surface area contributed by atoms with E-state index in [1.165, 1.54) is 24.3 Å². The van der Waals surface area contributed by atoms with Crippen LogP contribution in [0.1, 0.15) is 0 Å². The molecule has 0 spiro atoms. The molecule has 3 saturated heterocycles. The Balaban J connectivity index is 1.55. The molecule has 0 radical (unpaired) electrons. The molecule has 0 aromatic heterocycles. The number of benzene rings is 1. The SMILES string of the molecule is O=C(C[N+]12CCN(CC1)CC2)Nc1ccc(OC(F)(F)F)cc1. The monoisotopic (exact) mass is 330 g/mol. The van der Waals surface area contributed by atoms with Gasteiger partial charge >= 0.3 is 6.36 Å². The lowest BCUT2D eigenvalue weighted by atomic mass is 10.1. The molecule has 0 unspecified atom stereocenters. The van der Waals surface area contributed by atoms with Gasteiger partial charge in [0, 0.05) is 25.3 Å². The van der Waals surface area contributed by atoms with Crippen molar-refractivity contribution in [1.82, 2.24) is 4.90 Å². The van der Waals surface area contributed by atoms with Gasteiger partial charge in [-0.15, -0.1) is 13.2 Å². The van der Waals surface area contributed by atoms with Crippen molar-refractivity contribution < 1.29 is 27.2 Å². The second-order valence-corrected chi connectivity index (χ2v) is 6.13. The van der Waals surface area contributed by atoms with Crippen molar-refractivity contribution in [2.45, 2.75) is 6.36 Å². The van der Waals surface area contributed by atoms with Crippen LogP contribution in [0.3, 0.4) is 0 Å². The van der Waals surface area contributed by atoms with Crippen molar-refractivity contribution in [1.29, 1.82) is 0 Å². The molecule has 1 aromatic rings. The second kappa shape index (κ2) is 6.01. The van der Waals surface area contributed by atoms with E-state index in [0.717, 1.165) is 43.8 Å². The van der Waals surface area contributed by atoms with E-state index in [2.05, 4.69) is 15.0 Å². The summed E-state index contributed by atoms with van der Waals surface area (Å²) in [5.74, 6) is -0.408. The fraction of sp³-hybridized carbons (Fsp3) is 0.533. The summed E-state index contributed by atoms with van der Waals surface area (Å²) in [7, 11) is 0. The van der Waals surface area contributed by atoms with Gasteiger partial charge in [0.15, 0.2) is 6.54 Å². The van der Waals surface area contributed by atoms with Gasteiger partial charge in [0.05, 0.1) is 19.6 Å². The lowest BCUT2D eigenvalue weighted by Gasteiger charge is -2.50. The Morgan fingerprint density at radius 3 is 2.22 bits per heavy atom. The number of fused-ring (bicyclic) bond motifs is 3. The lowest BCUT2D eigenvalue weighted by molar-refractivity contribution is -0.933. The van der Waals surface area contributed by atoms with E-state index in [4.69, 9.17) is 0 Å². The van der Waals surface area contributed by atoms with Gasteiger partial charge in [0.1, 0.15) is 5.75 Å². The van der Waals surface area contributed by atoms with Crippen molar-refractivity contribution in [3.05, 3.63) is 24.3 Å². The first-order chi connectivity index (χ1) is 10.8. The second-order valence-electron chi connectivity index (χ2n) is 6.13. The number of nitrogens with zero attached hydrogens (tertiary/aromatic N) is 2. The quantitative estimate of drug-likeness (QED) is 0.854. The van der Waals surface area contributed by atoms with Crippen molar-refractivity contribution in [3.63, 3.8) is 0 Å². The molecule has 3 aliphatic heterocycles. The number of hydrogen-bond donors (Lipinski definition) is 1. The number of nitrogens with one attached hydrogen (secondary N) is 1. The fourth-order valence-electron chi connectivity index (χ4n) is 3.21. The molecule has 0 atom stereocenters. The number of carbonyl (C=O) groups excluding carboxylic acids is 1. The minimum absolute atomic E-state index is 0.107. The number of carbonyl (C=O) groups is 1. The number of rotatable bonds is 4. The Morgan fingerprint density at radius 2 is 1.70 bits per heavy atom. The molecular formula is C15H19F3N3O2+. The van der Waals surface area contributed by atoms with Gasteiger partial charge in [-0.3, -0.25) is 9.69 Å². The van der Waals surface area contributed by atoms with Gasteiger partial charge in [0.25, 0.3) is 5.91 Å². The molecule has 5 nitrogen and oxygen atoms in total. The Morgan fingerprint density at radius 1 is 1.13 bits per heavy atom. The number of anilines is 1. The van der Waals surface area contributed by atoms with E-state index in [1.54, 1.807) is 0 Å². The van der Waals surface area contributed by atoms with Crippen LogP contribution in [0.15, 0.2) is 24.3 Å². The third kappa shape index (κ3) is 4.14. The predicted molar refractivity (Wildman–Crippen MR) is 77.9 cm³/mol. The summed E-state index contributed by atoms with van der Waals surface area (Å²) in [5.41, 5.74) is 0.471. The summed E-state index contributed by atoms with van der Waals surface area (Å²) in [4.78, 5) is 14.6. The molecule has 3 heterocycles. The van der Waals surface area contributed by atoms with Gasteiger partial charge < -0.3 is 14.5 Å². The largest absolute Gasteiger partial charge is 0.573 e. The zero-order chi connectivity index (χ0) is 16.5. The molecule has 0 saturated carbocycles. The summed E-state index contributed by atoms with van der Waals surface area (Å²) in [6.07, 6.45) is -4.71. The number of halogens is 3. The molecular weight excluding hydrogens is 311 g/mol. The number of piperazine rings is 3. The molecule has 3 aliphatic rings. The minimum atomic E-state index is -4.71. The lowest BCUT2D eigenvalue weighted by Crippen LogP contribution is -2.68. The summed E-state index contributed by atoms with van der Waals surface area (Å²) in [6.45, 7) is 6.42. The van der Waals surface area contributed by atoms with Gasteiger partial charge in [-0.25, -0.2) is 0 Å². The van der Waals surface area contributed by atoms with Crippen LogP contribution in [0.25, 0.3) is 0 Å². The molecule has 4 rings (SSSR count). The number of alkyl halides is 3. The third-order valence-corrected chi connectivity index (χ3v) is 4.52. The average Bonchev–Trinajstić information content (AvgIpc) is 2.49. The van der Waals surface area contributed by atoms with E-state index >= 15 is 0 Å². The molecule has 1 N–H and O–H groups in total. The Bertz CT molecular complexity index is 553. The highest BCUT2D eigenvalue weighted by atomic mass is 19.4. The molecule has 1 amide bonds. The third-order valence-electron chi connectivity index (χ3n) is 4.52. The summed E-state index contributed by atoms with van der Waals surface area (Å²) in [6, 6.07) is 5.20. The molecule has 2 bridgehead atoms. The van der Waals surface area contributed by atoms with E-state index in [1.807, 2.05) is 0 Å². The standard InChI is InChI=1S/C15H18F3N3O2/c16-15(17,18)23-13-3-1-12(2-4-13)19-14(22)11-21-8-5-20(6-9-21)7-10-21/h1-4H,5-11H2/p+1. The van der Waals surface area contributed by atoms with Crippen LogP contribution in [0.4, 0.5) is 18.9 Å². The van der Waals surface area contributed by atoms with E-state index < -0.39 is 6.36 Å². The first-order valence-corrected chi connectivity index (χ1v) is 7.57. The van der Waals surface area contributed by atoms with Crippen LogP contribution >= 0.6 is 0 Å². The molecule has 1 aromatic carbocycles. The average molecular weight is 330 g/mol. The molecule has 3 fully saturated rings. The number of quaternary nitrogens is 1. The highest BCUT2D eigenvalue weighted by Crippen LogP contribution is 2.24. The molecule has 126 valence electrons. The van der Waals surface area contributed by atoms with Crippen LogP contribution in [0.2, 0.25) is 0 Å². The van der Waals surface area contributed by atoms with Crippen LogP contribution in [-0.2, 0) is 4.79 Å².